The maximum absolute atomic E-state index is 13.4. The third-order valence-electron chi connectivity index (χ3n) is 3.56. The van der Waals surface area contributed by atoms with Crippen LogP contribution < -0.4 is 0 Å². The van der Waals surface area contributed by atoms with Gasteiger partial charge in [-0.1, -0.05) is 30.4 Å². The van der Waals surface area contributed by atoms with Crippen LogP contribution in [0, 0.1) is 12.7 Å². The highest BCUT2D eigenvalue weighted by atomic mass is 32.2. The lowest BCUT2D eigenvalue weighted by Gasteiger charge is -2.07. The number of benzene rings is 2. The van der Waals surface area contributed by atoms with Crippen molar-refractivity contribution in [2.24, 2.45) is 0 Å². The Kier molecular flexibility index (Phi) is 3.37. The first kappa shape index (κ1) is 14.5. The van der Waals surface area contributed by atoms with E-state index in [9.17, 15) is 12.8 Å². The Labute approximate surface area is 128 Å². The Morgan fingerprint density at radius 1 is 1.14 bits per heavy atom. The highest BCUT2D eigenvalue weighted by Crippen LogP contribution is 2.27. The van der Waals surface area contributed by atoms with Gasteiger partial charge in [-0.25, -0.2) is 16.8 Å². The fraction of sp³-hybridized carbons (Fsp3) is 0.0588. The van der Waals surface area contributed by atoms with Gasteiger partial charge in [0.1, 0.15) is 5.82 Å². The normalized spacial score (nSPS) is 11.7. The number of aryl methyl sites for hydroxylation is 1. The molecule has 2 aromatic carbocycles. The second-order valence-corrected chi connectivity index (χ2v) is 6.88. The first-order valence-corrected chi connectivity index (χ1v) is 8.13. The van der Waals surface area contributed by atoms with Gasteiger partial charge in [0.15, 0.2) is 0 Å². The predicted molar refractivity (Wildman–Crippen MR) is 85.7 cm³/mol. The molecule has 0 spiro atoms. The molecule has 5 heteroatoms. The molecule has 0 aliphatic heterocycles. The molecule has 0 radical (unpaired) electrons. The fourth-order valence-corrected chi connectivity index (χ4v) is 3.76. The quantitative estimate of drug-likeness (QED) is 0.733. The second kappa shape index (κ2) is 5.10. The molecule has 0 saturated carbocycles. The zero-order chi connectivity index (χ0) is 15.9. The van der Waals surface area contributed by atoms with E-state index in [1.54, 1.807) is 24.3 Å². The molecule has 0 amide bonds. The summed E-state index contributed by atoms with van der Waals surface area (Å²) in [6.45, 7) is 5.55. The van der Waals surface area contributed by atoms with Gasteiger partial charge in [0, 0.05) is 17.1 Å². The van der Waals surface area contributed by atoms with Gasteiger partial charge in [-0.2, -0.15) is 0 Å². The van der Waals surface area contributed by atoms with E-state index in [0.717, 1.165) is 5.56 Å². The lowest BCUT2D eigenvalue weighted by atomic mass is 10.2. The molecular weight excluding hydrogens is 301 g/mol. The van der Waals surface area contributed by atoms with Crippen molar-refractivity contribution < 1.29 is 12.8 Å². The Morgan fingerprint density at radius 2 is 1.82 bits per heavy atom. The molecule has 22 heavy (non-hydrogen) atoms. The third kappa shape index (κ3) is 2.23. The summed E-state index contributed by atoms with van der Waals surface area (Å²) in [5.41, 5.74) is 1.98. The van der Waals surface area contributed by atoms with Gasteiger partial charge in [-0.3, -0.25) is 0 Å². The van der Waals surface area contributed by atoms with Crippen LogP contribution in [-0.2, 0) is 10.0 Å². The smallest absolute Gasteiger partial charge is 0.241 e. The summed E-state index contributed by atoms with van der Waals surface area (Å²) in [5.74, 6) is -0.416. The van der Waals surface area contributed by atoms with E-state index in [-0.39, 0.29) is 4.90 Å². The van der Waals surface area contributed by atoms with Crippen LogP contribution in [0.5, 0.6) is 0 Å². The summed E-state index contributed by atoms with van der Waals surface area (Å²) in [6.07, 6.45) is 2.98. The van der Waals surface area contributed by atoms with E-state index >= 15 is 0 Å². The van der Waals surface area contributed by atoms with Crippen LogP contribution in [0.25, 0.3) is 17.0 Å². The highest BCUT2D eigenvalue weighted by Gasteiger charge is 2.20. The Balaban J connectivity index is 2.29. The van der Waals surface area contributed by atoms with Crippen LogP contribution in [0.1, 0.15) is 11.1 Å². The van der Waals surface area contributed by atoms with Gasteiger partial charge < -0.3 is 0 Å². The average molecular weight is 315 g/mol. The third-order valence-corrected chi connectivity index (χ3v) is 5.25. The van der Waals surface area contributed by atoms with Crippen LogP contribution in [0.15, 0.2) is 60.1 Å². The molecule has 3 nitrogen and oxygen atoms in total. The van der Waals surface area contributed by atoms with Crippen LogP contribution in [0.2, 0.25) is 0 Å². The number of aromatic nitrogens is 1. The highest BCUT2D eigenvalue weighted by molar-refractivity contribution is 7.90. The molecule has 0 saturated heterocycles. The predicted octanol–water partition coefficient (Wildman–Crippen LogP) is 3.97. The van der Waals surface area contributed by atoms with Gasteiger partial charge in [-0.15, -0.1) is 0 Å². The van der Waals surface area contributed by atoms with E-state index in [1.165, 1.54) is 34.4 Å². The molecule has 0 unspecified atom stereocenters. The molecule has 1 aromatic heterocycles. The summed E-state index contributed by atoms with van der Waals surface area (Å²) >= 11 is 0. The molecule has 1 heterocycles. The number of hydrogen-bond acceptors (Lipinski definition) is 2. The Morgan fingerprint density at radius 3 is 2.45 bits per heavy atom. The van der Waals surface area contributed by atoms with Crippen LogP contribution >= 0.6 is 0 Å². The molecule has 0 fully saturated rings. The zero-order valence-electron chi connectivity index (χ0n) is 12.0. The standard InChI is InChI=1S/C17H14FNO2S/c1-3-13-11-19(17-9-6-14(18)10-16(13)17)22(20,21)15-7-4-12(2)5-8-15/h3-11H,1H2,2H3. The maximum atomic E-state index is 13.4. The van der Waals surface area contributed by atoms with E-state index in [4.69, 9.17) is 0 Å². The second-order valence-electron chi connectivity index (χ2n) is 5.06. The molecular formula is C17H14FNO2S. The molecule has 0 atom stereocenters. The minimum absolute atomic E-state index is 0.190. The monoisotopic (exact) mass is 315 g/mol. The average Bonchev–Trinajstić information content (AvgIpc) is 2.86. The van der Waals surface area contributed by atoms with Gasteiger partial charge >= 0.3 is 0 Å². The lowest BCUT2D eigenvalue weighted by Crippen LogP contribution is -2.11. The van der Waals surface area contributed by atoms with Crippen molar-refractivity contribution in [1.82, 2.24) is 3.97 Å². The van der Waals surface area contributed by atoms with Crippen LogP contribution in [0.4, 0.5) is 4.39 Å². The molecule has 0 bridgehead atoms. The van der Waals surface area contributed by atoms with Gasteiger partial charge in [0.2, 0.25) is 0 Å². The summed E-state index contributed by atoms with van der Waals surface area (Å²) in [7, 11) is -3.74. The number of rotatable bonds is 3. The van der Waals surface area contributed by atoms with Crippen molar-refractivity contribution >= 4 is 27.0 Å². The van der Waals surface area contributed by atoms with Crippen LogP contribution in [0.3, 0.4) is 0 Å². The number of fused-ring (bicyclic) bond motifs is 1. The Bertz CT molecular complexity index is 970. The van der Waals surface area contributed by atoms with E-state index in [1.807, 2.05) is 6.92 Å². The zero-order valence-corrected chi connectivity index (χ0v) is 12.8. The number of halogens is 1. The van der Waals surface area contributed by atoms with Crippen molar-refractivity contribution in [1.29, 1.82) is 0 Å². The summed E-state index contributed by atoms with van der Waals surface area (Å²) in [4.78, 5) is 0.190. The van der Waals surface area contributed by atoms with E-state index in [2.05, 4.69) is 6.58 Å². The molecule has 112 valence electrons. The van der Waals surface area contributed by atoms with Crippen molar-refractivity contribution in [3.05, 3.63) is 72.2 Å². The van der Waals surface area contributed by atoms with Crippen LogP contribution in [-0.4, -0.2) is 12.4 Å². The number of nitrogens with zero attached hydrogens (tertiary/aromatic N) is 1. The van der Waals surface area contributed by atoms with Crippen molar-refractivity contribution in [2.75, 3.05) is 0 Å². The Hall–Kier alpha value is -2.40. The number of hydrogen-bond donors (Lipinski definition) is 0. The van der Waals surface area contributed by atoms with Gasteiger partial charge in [-0.05, 0) is 37.3 Å². The maximum Gasteiger partial charge on any atom is 0.268 e. The van der Waals surface area contributed by atoms with E-state index in [0.29, 0.717) is 16.5 Å². The molecule has 3 aromatic rings. The summed E-state index contributed by atoms with van der Waals surface area (Å²) in [6, 6.07) is 10.6. The minimum Gasteiger partial charge on any atom is -0.241 e. The van der Waals surface area contributed by atoms with Gasteiger partial charge in [0.25, 0.3) is 10.0 Å². The molecule has 0 aliphatic rings. The van der Waals surface area contributed by atoms with Crippen molar-refractivity contribution in [2.45, 2.75) is 11.8 Å². The first-order chi connectivity index (χ1) is 10.4. The minimum atomic E-state index is -3.74. The topological polar surface area (TPSA) is 39.1 Å². The van der Waals surface area contributed by atoms with Crippen molar-refractivity contribution in [3.8, 4) is 0 Å². The van der Waals surface area contributed by atoms with Crippen molar-refractivity contribution in [3.63, 3.8) is 0 Å². The van der Waals surface area contributed by atoms with E-state index < -0.39 is 15.8 Å². The largest absolute Gasteiger partial charge is 0.268 e. The fourth-order valence-electron chi connectivity index (χ4n) is 2.38. The summed E-state index contributed by atoms with van der Waals surface area (Å²) in [5, 5.41) is 0.519. The summed E-state index contributed by atoms with van der Waals surface area (Å²) < 4.78 is 40.2. The molecule has 0 N–H and O–H groups in total. The molecule has 0 aliphatic carbocycles. The SMILES string of the molecule is C=Cc1cn(S(=O)(=O)c2ccc(C)cc2)c2ccc(F)cc12. The molecule has 3 rings (SSSR count). The lowest BCUT2D eigenvalue weighted by molar-refractivity contribution is 0.589. The van der Waals surface area contributed by atoms with Gasteiger partial charge in [0.05, 0.1) is 10.4 Å². The first-order valence-electron chi connectivity index (χ1n) is 6.69.